The Morgan fingerprint density at radius 2 is 2.06 bits per heavy atom. The summed E-state index contributed by atoms with van der Waals surface area (Å²) in [6.07, 6.45) is 11.0. The lowest BCUT2D eigenvalue weighted by Crippen LogP contribution is -2.36. The Morgan fingerprint density at radius 1 is 1.24 bits per heavy atom. The molecule has 1 heterocycles. The quantitative estimate of drug-likeness (QED) is 0.741. The number of hydrogen-bond donors (Lipinski definition) is 1. The van der Waals surface area contributed by atoms with E-state index in [0.29, 0.717) is 6.54 Å². The summed E-state index contributed by atoms with van der Waals surface area (Å²) in [7, 11) is 0. The van der Waals surface area contributed by atoms with Crippen LogP contribution in [0.5, 0.6) is 0 Å². The lowest BCUT2D eigenvalue weighted by atomic mass is 9.97. The normalized spacial score (nSPS) is 21.3. The van der Waals surface area contributed by atoms with E-state index in [1.54, 1.807) is 0 Å². The summed E-state index contributed by atoms with van der Waals surface area (Å²) in [5, 5.41) is 3.04. The van der Waals surface area contributed by atoms with Gasteiger partial charge in [0.2, 0.25) is 5.91 Å². The van der Waals surface area contributed by atoms with Gasteiger partial charge in [0.25, 0.3) is 0 Å². The van der Waals surface area contributed by atoms with Crippen LogP contribution in [0.25, 0.3) is 0 Å². The number of allylic oxidation sites excluding steroid dienone is 1. The average molecular weight is 236 g/mol. The molecule has 1 aliphatic heterocycles. The lowest BCUT2D eigenvalue weighted by molar-refractivity contribution is -0.121. The fourth-order valence-electron chi connectivity index (χ4n) is 2.69. The maximum absolute atomic E-state index is 11.7. The van der Waals surface area contributed by atoms with E-state index in [2.05, 4.69) is 16.3 Å². The van der Waals surface area contributed by atoms with Crippen LogP contribution in [0, 0.1) is 0 Å². The average Bonchev–Trinajstić information content (AvgIpc) is 2.83. The molecule has 0 radical (unpaired) electrons. The highest BCUT2D eigenvalue weighted by molar-refractivity contribution is 5.78. The first-order valence-corrected chi connectivity index (χ1v) is 7.01. The zero-order valence-electron chi connectivity index (χ0n) is 10.7. The van der Waals surface area contributed by atoms with Gasteiger partial charge in [-0.15, -0.1) is 0 Å². The van der Waals surface area contributed by atoms with Crippen LogP contribution in [0.3, 0.4) is 0 Å². The number of amides is 1. The Kier molecular flexibility index (Phi) is 5.05. The summed E-state index contributed by atoms with van der Waals surface area (Å²) in [5.41, 5.74) is 1.54. The topological polar surface area (TPSA) is 32.3 Å². The lowest BCUT2D eigenvalue weighted by Gasteiger charge is -2.15. The van der Waals surface area contributed by atoms with Crippen molar-refractivity contribution in [1.82, 2.24) is 10.2 Å². The first kappa shape index (κ1) is 12.6. The first-order chi connectivity index (χ1) is 8.34. The Morgan fingerprint density at radius 3 is 2.76 bits per heavy atom. The molecule has 1 amide bonds. The molecule has 0 aromatic carbocycles. The van der Waals surface area contributed by atoms with E-state index in [4.69, 9.17) is 0 Å². The molecule has 0 unspecified atom stereocenters. The van der Waals surface area contributed by atoms with Gasteiger partial charge in [-0.2, -0.15) is 0 Å². The summed E-state index contributed by atoms with van der Waals surface area (Å²) < 4.78 is 0. The van der Waals surface area contributed by atoms with Crippen molar-refractivity contribution in [2.45, 2.75) is 44.9 Å². The van der Waals surface area contributed by atoms with Crippen molar-refractivity contribution >= 4 is 5.91 Å². The molecule has 0 spiro atoms. The third-order valence-corrected chi connectivity index (χ3v) is 3.72. The van der Waals surface area contributed by atoms with Crippen LogP contribution in [0.4, 0.5) is 0 Å². The Hall–Kier alpha value is -0.830. The number of rotatable bonds is 5. The van der Waals surface area contributed by atoms with E-state index < -0.39 is 0 Å². The highest BCUT2D eigenvalue weighted by Crippen LogP contribution is 2.19. The molecule has 0 bridgehead atoms. The maximum atomic E-state index is 11.7. The van der Waals surface area contributed by atoms with Crippen LogP contribution in [-0.2, 0) is 4.79 Å². The predicted molar refractivity (Wildman–Crippen MR) is 69.9 cm³/mol. The van der Waals surface area contributed by atoms with Crippen LogP contribution in [0.2, 0.25) is 0 Å². The Balaban J connectivity index is 1.57. The second-order valence-electron chi connectivity index (χ2n) is 5.19. The van der Waals surface area contributed by atoms with Crippen molar-refractivity contribution in [3.63, 3.8) is 0 Å². The molecular formula is C14H24N2O. The number of carbonyl (C=O) groups is 1. The van der Waals surface area contributed by atoms with Gasteiger partial charge < -0.3 is 5.32 Å². The summed E-state index contributed by atoms with van der Waals surface area (Å²) in [4.78, 5) is 13.9. The molecule has 1 fully saturated rings. The SMILES string of the molecule is O=C(CN1CCCC1)NCCC1=CCCCC1. The molecule has 3 heteroatoms. The molecule has 0 aromatic rings. The van der Waals surface area contributed by atoms with Gasteiger partial charge in [-0.25, -0.2) is 0 Å². The number of nitrogens with one attached hydrogen (secondary N) is 1. The van der Waals surface area contributed by atoms with Gasteiger partial charge in [0.1, 0.15) is 0 Å². The minimum absolute atomic E-state index is 0.198. The second-order valence-corrected chi connectivity index (χ2v) is 5.19. The molecule has 2 aliphatic rings. The van der Waals surface area contributed by atoms with Gasteiger partial charge in [-0.1, -0.05) is 11.6 Å². The maximum Gasteiger partial charge on any atom is 0.234 e. The fourth-order valence-corrected chi connectivity index (χ4v) is 2.69. The molecular weight excluding hydrogens is 212 g/mol. The van der Waals surface area contributed by atoms with Crippen molar-refractivity contribution in [2.75, 3.05) is 26.2 Å². The third-order valence-electron chi connectivity index (χ3n) is 3.72. The van der Waals surface area contributed by atoms with E-state index in [0.717, 1.165) is 26.1 Å². The summed E-state index contributed by atoms with van der Waals surface area (Å²) in [5.74, 6) is 0.198. The van der Waals surface area contributed by atoms with Gasteiger partial charge in [0.15, 0.2) is 0 Å². The van der Waals surface area contributed by atoms with E-state index in [-0.39, 0.29) is 5.91 Å². The smallest absolute Gasteiger partial charge is 0.234 e. The van der Waals surface area contributed by atoms with Crippen LogP contribution >= 0.6 is 0 Å². The van der Waals surface area contributed by atoms with Crippen LogP contribution < -0.4 is 5.32 Å². The molecule has 0 saturated carbocycles. The van der Waals surface area contributed by atoms with E-state index in [9.17, 15) is 4.79 Å². The standard InChI is InChI=1S/C14H24N2O/c17-14(12-16-10-4-5-11-16)15-9-8-13-6-2-1-3-7-13/h6H,1-5,7-12H2,(H,15,17). The molecule has 1 aliphatic carbocycles. The minimum Gasteiger partial charge on any atom is -0.355 e. The van der Waals surface area contributed by atoms with Gasteiger partial charge in [0.05, 0.1) is 6.54 Å². The molecule has 0 aromatic heterocycles. The third kappa shape index (κ3) is 4.50. The van der Waals surface area contributed by atoms with Gasteiger partial charge in [0, 0.05) is 6.54 Å². The predicted octanol–water partition coefficient (Wildman–Crippen LogP) is 2.09. The van der Waals surface area contributed by atoms with Crippen LogP contribution in [0.15, 0.2) is 11.6 Å². The van der Waals surface area contributed by atoms with Gasteiger partial charge >= 0.3 is 0 Å². The van der Waals surface area contributed by atoms with Crippen molar-refractivity contribution < 1.29 is 4.79 Å². The van der Waals surface area contributed by atoms with Gasteiger partial charge in [-0.05, 0) is 58.0 Å². The summed E-state index contributed by atoms with van der Waals surface area (Å²) in [6.45, 7) is 3.61. The number of likely N-dealkylation sites (tertiary alicyclic amines) is 1. The first-order valence-electron chi connectivity index (χ1n) is 7.01. The molecule has 0 atom stereocenters. The summed E-state index contributed by atoms with van der Waals surface area (Å²) >= 11 is 0. The molecule has 1 saturated heterocycles. The Bertz CT molecular complexity index is 280. The number of nitrogens with zero attached hydrogens (tertiary/aromatic N) is 1. The number of hydrogen-bond acceptors (Lipinski definition) is 2. The molecule has 3 nitrogen and oxygen atoms in total. The summed E-state index contributed by atoms with van der Waals surface area (Å²) in [6, 6.07) is 0. The minimum atomic E-state index is 0.198. The Labute approximate surface area is 104 Å². The number of carbonyl (C=O) groups excluding carboxylic acids is 1. The highest BCUT2D eigenvalue weighted by Gasteiger charge is 2.14. The second kappa shape index (κ2) is 6.80. The zero-order chi connectivity index (χ0) is 11.9. The molecule has 1 N–H and O–H groups in total. The molecule has 96 valence electrons. The van der Waals surface area contributed by atoms with E-state index in [1.807, 2.05) is 0 Å². The van der Waals surface area contributed by atoms with Crippen molar-refractivity contribution in [3.8, 4) is 0 Å². The highest BCUT2D eigenvalue weighted by atomic mass is 16.2. The van der Waals surface area contributed by atoms with Crippen molar-refractivity contribution in [2.24, 2.45) is 0 Å². The van der Waals surface area contributed by atoms with Crippen molar-refractivity contribution in [3.05, 3.63) is 11.6 Å². The van der Waals surface area contributed by atoms with Crippen LogP contribution in [-0.4, -0.2) is 37.0 Å². The van der Waals surface area contributed by atoms with E-state index >= 15 is 0 Å². The van der Waals surface area contributed by atoms with Gasteiger partial charge in [-0.3, -0.25) is 9.69 Å². The molecule has 2 rings (SSSR count). The van der Waals surface area contributed by atoms with Crippen molar-refractivity contribution in [1.29, 1.82) is 0 Å². The zero-order valence-corrected chi connectivity index (χ0v) is 10.7. The van der Waals surface area contributed by atoms with E-state index in [1.165, 1.54) is 44.1 Å². The largest absolute Gasteiger partial charge is 0.355 e. The molecule has 17 heavy (non-hydrogen) atoms. The monoisotopic (exact) mass is 236 g/mol. The van der Waals surface area contributed by atoms with Crippen LogP contribution in [0.1, 0.15) is 44.9 Å². The fraction of sp³-hybridized carbons (Fsp3) is 0.786.